The van der Waals surface area contributed by atoms with Crippen LogP contribution in [-0.4, -0.2) is 31.0 Å². The minimum absolute atomic E-state index is 0.000851. The molecule has 2 aromatic carbocycles. The average Bonchev–Trinajstić information content (AvgIpc) is 3.22. The Bertz CT molecular complexity index is 1200. The van der Waals surface area contributed by atoms with E-state index < -0.39 is 10.0 Å². The lowest BCUT2D eigenvalue weighted by Crippen LogP contribution is -2.00. The van der Waals surface area contributed by atoms with Gasteiger partial charge in [-0.1, -0.05) is 6.07 Å². The van der Waals surface area contributed by atoms with E-state index in [-0.39, 0.29) is 23.4 Å². The van der Waals surface area contributed by atoms with Crippen molar-refractivity contribution in [3.63, 3.8) is 0 Å². The molecule has 0 saturated carbocycles. The zero-order valence-corrected chi connectivity index (χ0v) is 16.2. The van der Waals surface area contributed by atoms with Crippen LogP contribution in [0, 0.1) is 0 Å². The lowest BCUT2D eigenvalue weighted by atomic mass is 10.1. The van der Waals surface area contributed by atoms with Crippen molar-refractivity contribution in [2.45, 2.75) is 4.90 Å². The maximum Gasteiger partial charge on any atom is 0.231 e. The summed E-state index contributed by atoms with van der Waals surface area (Å²) in [5.74, 6) is 0.783. The molecular weight excluding hydrogens is 408 g/mol. The average molecular weight is 423 g/mol. The Morgan fingerprint density at radius 3 is 2.53 bits per heavy atom. The lowest BCUT2D eigenvalue weighted by Gasteiger charge is -2.12. The quantitative estimate of drug-likeness (QED) is 0.453. The van der Waals surface area contributed by atoms with Crippen LogP contribution in [0.1, 0.15) is 10.4 Å². The van der Waals surface area contributed by atoms with Crippen molar-refractivity contribution in [2.24, 2.45) is 0 Å². The van der Waals surface area contributed by atoms with Gasteiger partial charge in [0, 0.05) is 29.5 Å². The predicted octanol–water partition coefficient (Wildman–Crippen LogP) is 3.41. The van der Waals surface area contributed by atoms with Gasteiger partial charge >= 0.3 is 0 Å². The molecule has 0 radical (unpaired) electrons. The molecule has 0 atom stereocenters. The maximum atomic E-state index is 12.3. The number of ether oxygens (including phenoxy) is 2. The summed E-state index contributed by atoms with van der Waals surface area (Å²) in [6.45, 7) is 0.141. The second-order valence-electron chi connectivity index (χ2n) is 6.05. The normalized spacial score (nSPS) is 12.7. The summed E-state index contributed by atoms with van der Waals surface area (Å²) in [5, 5.41) is 2.92. The molecule has 0 bridgehead atoms. The highest BCUT2D eigenvalue weighted by molar-refractivity contribution is 7.94. The van der Waals surface area contributed by atoms with Gasteiger partial charge < -0.3 is 24.8 Å². The molecule has 2 heterocycles. The lowest BCUT2D eigenvalue weighted by molar-refractivity contribution is 0.104. The van der Waals surface area contributed by atoms with Gasteiger partial charge in [0.2, 0.25) is 16.8 Å². The molecule has 152 valence electrons. The number of ketones is 1. The van der Waals surface area contributed by atoms with Gasteiger partial charge in [0.1, 0.15) is 0 Å². The Morgan fingerprint density at radius 2 is 1.77 bits per heavy atom. The molecule has 1 N–H and O–H groups in total. The highest BCUT2D eigenvalue weighted by Gasteiger charge is 2.15. The van der Waals surface area contributed by atoms with Gasteiger partial charge in [0.15, 0.2) is 17.3 Å². The summed E-state index contributed by atoms with van der Waals surface area (Å²) in [6.07, 6.45) is 5.65. The molecular formula is C20H15N4O5S-. The number of anilines is 1. The van der Waals surface area contributed by atoms with Gasteiger partial charge in [-0.15, -0.1) is 0 Å². The van der Waals surface area contributed by atoms with E-state index in [0.717, 1.165) is 0 Å². The fraction of sp³-hybridized carbons (Fsp3) is 0.0500. The first kappa shape index (κ1) is 19.4. The number of benzene rings is 2. The smallest absolute Gasteiger partial charge is 0.231 e. The summed E-state index contributed by atoms with van der Waals surface area (Å²) in [4.78, 5) is 19.8. The topological polar surface area (TPSA) is 122 Å². The zero-order chi connectivity index (χ0) is 21.0. The van der Waals surface area contributed by atoms with E-state index in [0.29, 0.717) is 22.7 Å². The van der Waals surface area contributed by atoms with E-state index in [1.54, 1.807) is 36.4 Å². The number of nitrogens with one attached hydrogen (secondary N) is 1. The molecule has 0 aliphatic carbocycles. The van der Waals surface area contributed by atoms with E-state index >= 15 is 0 Å². The molecule has 1 aromatic heterocycles. The summed E-state index contributed by atoms with van der Waals surface area (Å²) < 4.78 is 38.7. The largest absolute Gasteiger partial charge is 0.454 e. The van der Waals surface area contributed by atoms with Gasteiger partial charge in [-0.2, -0.15) is 0 Å². The summed E-state index contributed by atoms with van der Waals surface area (Å²) in [7, 11) is -3.93. The Kier molecular flexibility index (Phi) is 5.31. The number of allylic oxidation sites excluding steroid dienone is 1. The molecule has 0 unspecified atom stereocenters. The highest BCUT2D eigenvalue weighted by atomic mass is 32.2. The molecule has 1 aliphatic rings. The molecule has 0 saturated heterocycles. The molecule has 1 aliphatic heterocycles. The number of fused-ring (bicyclic) bond motifs is 1. The Hall–Kier alpha value is -3.92. The van der Waals surface area contributed by atoms with E-state index in [2.05, 4.69) is 20.0 Å². The van der Waals surface area contributed by atoms with Crippen LogP contribution in [0.3, 0.4) is 0 Å². The monoisotopic (exact) mass is 423 g/mol. The fourth-order valence-corrected chi connectivity index (χ4v) is 3.48. The molecule has 4 rings (SSSR count). The SMILES string of the molecule is O=C(/C=C/Nc1ccc(S(=O)(=O)[N-]c2ncccn2)cc1)c1ccc2c(c1)OCO2. The van der Waals surface area contributed by atoms with Crippen molar-refractivity contribution in [3.05, 3.63) is 83.5 Å². The van der Waals surface area contributed by atoms with Crippen LogP contribution < -0.4 is 14.8 Å². The van der Waals surface area contributed by atoms with Crippen LogP contribution in [-0.2, 0) is 10.0 Å². The van der Waals surface area contributed by atoms with Crippen molar-refractivity contribution in [1.29, 1.82) is 0 Å². The Balaban J connectivity index is 1.38. The molecule has 30 heavy (non-hydrogen) atoms. The van der Waals surface area contributed by atoms with Crippen molar-refractivity contribution >= 4 is 27.4 Å². The van der Waals surface area contributed by atoms with Crippen LogP contribution in [0.25, 0.3) is 4.72 Å². The third kappa shape index (κ3) is 4.39. The molecule has 0 fully saturated rings. The van der Waals surface area contributed by atoms with E-state index in [1.807, 2.05) is 0 Å². The van der Waals surface area contributed by atoms with E-state index in [4.69, 9.17) is 9.47 Å². The fourth-order valence-electron chi connectivity index (χ4n) is 2.58. The molecule has 9 nitrogen and oxygen atoms in total. The van der Waals surface area contributed by atoms with Gasteiger partial charge in [-0.25, -0.2) is 8.42 Å². The predicted molar refractivity (Wildman–Crippen MR) is 108 cm³/mol. The second kappa shape index (κ2) is 8.21. The van der Waals surface area contributed by atoms with Crippen molar-refractivity contribution < 1.29 is 22.7 Å². The maximum absolute atomic E-state index is 12.3. The van der Waals surface area contributed by atoms with Crippen molar-refractivity contribution in [3.8, 4) is 11.5 Å². The van der Waals surface area contributed by atoms with E-state index in [1.165, 1.54) is 36.8 Å². The van der Waals surface area contributed by atoms with Crippen LogP contribution in [0.15, 0.2) is 78.1 Å². The van der Waals surface area contributed by atoms with Crippen LogP contribution in [0.2, 0.25) is 0 Å². The number of carbonyl (C=O) groups is 1. The number of rotatable bonds is 7. The first-order valence-corrected chi connectivity index (χ1v) is 10.2. The number of hydrogen-bond donors (Lipinski definition) is 1. The number of carbonyl (C=O) groups excluding carboxylic acids is 1. The Labute approximate surface area is 172 Å². The third-order valence-electron chi connectivity index (χ3n) is 4.05. The second-order valence-corrected chi connectivity index (χ2v) is 7.65. The number of sulfonamides is 1. The summed E-state index contributed by atoms with van der Waals surface area (Å²) in [5.41, 5.74) is 1.06. The zero-order valence-electron chi connectivity index (χ0n) is 15.4. The minimum atomic E-state index is -3.93. The van der Waals surface area contributed by atoms with Gasteiger partial charge in [-0.05, 0) is 54.9 Å². The molecule has 10 heteroatoms. The number of aromatic nitrogens is 2. The van der Waals surface area contributed by atoms with Crippen LogP contribution >= 0.6 is 0 Å². The minimum Gasteiger partial charge on any atom is -0.454 e. The third-order valence-corrected chi connectivity index (χ3v) is 5.32. The first-order chi connectivity index (χ1) is 14.5. The number of nitrogens with zero attached hydrogens (tertiary/aromatic N) is 3. The van der Waals surface area contributed by atoms with E-state index in [9.17, 15) is 13.2 Å². The molecule has 0 spiro atoms. The van der Waals surface area contributed by atoms with Crippen LogP contribution in [0.5, 0.6) is 11.5 Å². The molecule has 3 aromatic rings. The van der Waals surface area contributed by atoms with Crippen LogP contribution in [0.4, 0.5) is 11.6 Å². The molecule has 0 amide bonds. The van der Waals surface area contributed by atoms with Gasteiger partial charge in [-0.3, -0.25) is 9.52 Å². The highest BCUT2D eigenvalue weighted by Crippen LogP contribution is 2.32. The van der Waals surface area contributed by atoms with Crippen molar-refractivity contribution in [2.75, 3.05) is 12.1 Å². The summed E-state index contributed by atoms with van der Waals surface area (Å²) in [6, 6.07) is 12.4. The van der Waals surface area contributed by atoms with Crippen molar-refractivity contribution in [1.82, 2.24) is 9.97 Å². The Morgan fingerprint density at radius 1 is 1.03 bits per heavy atom. The van der Waals surface area contributed by atoms with Gasteiger partial charge in [0.25, 0.3) is 0 Å². The summed E-state index contributed by atoms with van der Waals surface area (Å²) >= 11 is 0. The number of hydrogen-bond acceptors (Lipinski definition) is 8. The standard InChI is InChI=1S/C20H16N4O5S/c25-17(14-2-7-18-19(12-14)29-13-28-18)8-11-21-15-3-5-16(6-4-15)30(26,27)24-20-22-9-1-10-23-20/h1-12H,13H2,(H2,21,22,23,24,25)/p-1. The van der Waals surface area contributed by atoms with Gasteiger partial charge in [0.05, 0.1) is 4.90 Å². The first-order valence-electron chi connectivity index (χ1n) is 8.73.